The molecule has 3 rings (SSSR count). The van der Waals surface area contributed by atoms with Gasteiger partial charge in [-0.3, -0.25) is 9.78 Å². The number of aryl methyl sites for hydroxylation is 1. The number of piperidine rings is 1. The van der Waals surface area contributed by atoms with Crippen LogP contribution >= 0.6 is 0 Å². The van der Waals surface area contributed by atoms with E-state index in [4.69, 9.17) is 0 Å². The molecule has 3 amide bonds. The maximum Gasteiger partial charge on any atom is 0.321 e. The fourth-order valence-corrected chi connectivity index (χ4v) is 2.82. The van der Waals surface area contributed by atoms with E-state index in [1.807, 2.05) is 43.3 Å². The van der Waals surface area contributed by atoms with Gasteiger partial charge in [0, 0.05) is 36.7 Å². The third-order valence-electron chi connectivity index (χ3n) is 4.32. The number of carbonyl (C=O) groups excluding carboxylic acids is 2. The zero-order valence-corrected chi connectivity index (χ0v) is 14.2. The lowest BCUT2D eigenvalue weighted by Crippen LogP contribution is -2.47. The molecule has 0 radical (unpaired) electrons. The Labute approximate surface area is 147 Å². The van der Waals surface area contributed by atoms with Crippen molar-refractivity contribution in [1.29, 1.82) is 0 Å². The first-order chi connectivity index (χ1) is 12.1. The number of hydrogen-bond donors (Lipinski definition) is 2. The Morgan fingerprint density at radius 2 is 1.80 bits per heavy atom. The number of rotatable bonds is 3. The van der Waals surface area contributed by atoms with Crippen LogP contribution in [0.2, 0.25) is 0 Å². The van der Waals surface area contributed by atoms with Gasteiger partial charge < -0.3 is 15.5 Å². The summed E-state index contributed by atoms with van der Waals surface area (Å²) in [4.78, 5) is 30.4. The summed E-state index contributed by atoms with van der Waals surface area (Å²) in [5.41, 5.74) is 2.24. The molecule has 2 heterocycles. The lowest BCUT2D eigenvalue weighted by Gasteiger charge is -2.32. The van der Waals surface area contributed by atoms with E-state index in [2.05, 4.69) is 15.6 Å². The van der Waals surface area contributed by atoms with Crippen LogP contribution in [0.25, 0.3) is 0 Å². The molecule has 0 bridgehead atoms. The molecule has 1 saturated heterocycles. The molecular weight excluding hydrogens is 316 g/mol. The summed E-state index contributed by atoms with van der Waals surface area (Å²) in [6.45, 7) is 3.13. The van der Waals surface area contributed by atoms with Crippen molar-refractivity contribution in [3.63, 3.8) is 0 Å². The number of aromatic nitrogens is 1. The second kappa shape index (κ2) is 7.79. The zero-order chi connectivity index (χ0) is 17.6. The predicted molar refractivity (Wildman–Crippen MR) is 96.5 cm³/mol. The average molecular weight is 338 g/mol. The SMILES string of the molecule is Cc1ccc(C(=O)NC2CCN(C(=O)Nc3ccccc3)CC2)cn1. The monoisotopic (exact) mass is 338 g/mol. The Morgan fingerprint density at radius 3 is 2.44 bits per heavy atom. The highest BCUT2D eigenvalue weighted by molar-refractivity contribution is 5.94. The van der Waals surface area contributed by atoms with Crippen LogP contribution in [0, 0.1) is 6.92 Å². The third kappa shape index (κ3) is 4.56. The first-order valence-electron chi connectivity index (χ1n) is 8.46. The maximum atomic E-state index is 12.3. The Bertz CT molecular complexity index is 723. The Balaban J connectivity index is 1.47. The Hall–Kier alpha value is -2.89. The number of pyridine rings is 1. The summed E-state index contributed by atoms with van der Waals surface area (Å²) < 4.78 is 0. The van der Waals surface area contributed by atoms with Gasteiger partial charge in [0.1, 0.15) is 0 Å². The van der Waals surface area contributed by atoms with Gasteiger partial charge in [0.05, 0.1) is 5.56 Å². The van der Waals surface area contributed by atoms with E-state index in [0.717, 1.165) is 24.2 Å². The fraction of sp³-hybridized carbons (Fsp3) is 0.316. The largest absolute Gasteiger partial charge is 0.349 e. The molecule has 0 atom stereocenters. The number of amides is 3. The van der Waals surface area contributed by atoms with E-state index in [1.165, 1.54) is 0 Å². The van der Waals surface area contributed by atoms with Crippen LogP contribution in [0.4, 0.5) is 10.5 Å². The number of urea groups is 1. The van der Waals surface area contributed by atoms with Crippen LogP contribution in [0.1, 0.15) is 28.9 Å². The first-order valence-corrected chi connectivity index (χ1v) is 8.46. The third-order valence-corrected chi connectivity index (χ3v) is 4.32. The minimum Gasteiger partial charge on any atom is -0.349 e. The summed E-state index contributed by atoms with van der Waals surface area (Å²) in [6, 6.07) is 13.0. The highest BCUT2D eigenvalue weighted by Gasteiger charge is 2.24. The molecule has 25 heavy (non-hydrogen) atoms. The van der Waals surface area contributed by atoms with Crippen molar-refractivity contribution < 1.29 is 9.59 Å². The smallest absolute Gasteiger partial charge is 0.321 e. The molecule has 6 nitrogen and oxygen atoms in total. The molecule has 1 aliphatic heterocycles. The summed E-state index contributed by atoms with van der Waals surface area (Å²) in [5.74, 6) is -0.111. The lowest BCUT2D eigenvalue weighted by atomic mass is 10.0. The number of para-hydroxylation sites is 1. The number of carbonyl (C=O) groups is 2. The quantitative estimate of drug-likeness (QED) is 0.904. The van der Waals surface area contributed by atoms with Crippen molar-refractivity contribution >= 4 is 17.6 Å². The minimum absolute atomic E-state index is 0.0783. The highest BCUT2D eigenvalue weighted by atomic mass is 16.2. The van der Waals surface area contributed by atoms with Gasteiger partial charge >= 0.3 is 6.03 Å². The maximum absolute atomic E-state index is 12.3. The average Bonchev–Trinajstić information content (AvgIpc) is 2.63. The summed E-state index contributed by atoms with van der Waals surface area (Å²) in [6.07, 6.45) is 3.08. The van der Waals surface area contributed by atoms with E-state index in [-0.39, 0.29) is 18.0 Å². The van der Waals surface area contributed by atoms with Crippen LogP contribution < -0.4 is 10.6 Å². The number of nitrogens with one attached hydrogen (secondary N) is 2. The Morgan fingerprint density at radius 1 is 1.08 bits per heavy atom. The molecule has 0 unspecified atom stereocenters. The second-order valence-corrected chi connectivity index (χ2v) is 6.22. The van der Waals surface area contributed by atoms with Crippen molar-refractivity contribution in [2.24, 2.45) is 0 Å². The summed E-state index contributed by atoms with van der Waals surface area (Å²) in [5, 5.41) is 5.92. The van der Waals surface area contributed by atoms with Crippen molar-refractivity contribution in [1.82, 2.24) is 15.2 Å². The second-order valence-electron chi connectivity index (χ2n) is 6.22. The van der Waals surface area contributed by atoms with Crippen LogP contribution in [-0.2, 0) is 0 Å². The molecule has 0 spiro atoms. The van der Waals surface area contributed by atoms with Gasteiger partial charge in [-0.15, -0.1) is 0 Å². The molecule has 2 N–H and O–H groups in total. The molecule has 2 aromatic rings. The van der Waals surface area contributed by atoms with Gasteiger partial charge in [-0.05, 0) is 44.0 Å². The first kappa shape index (κ1) is 17.0. The van der Waals surface area contributed by atoms with E-state index in [1.54, 1.807) is 17.2 Å². The van der Waals surface area contributed by atoms with Crippen molar-refractivity contribution in [3.8, 4) is 0 Å². The molecular formula is C19H22N4O2. The number of benzene rings is 1. The summed E-state index contributed by atoms with van der Waals surface area (Å²) >= 11 is 0. The normalized spacial score (nSPS) is 14.8. The van der Waals surface area contributed by atoms with Gasteiger partial charge in [-0.1, -0.05) is 18.2 Å². The zero-order valence-electron chi connectivity index (χ0n) is 14.2. The van der Waals surface area contributed by atoms with Gasteiger partial charge in [0.15, 0.2) is 0 Å². The van der Waals surface area contributed by atoms with Gasteiger partial charge in [0.25, 0.3) is 5.91 Å². The van der Waals surface area contributed by atoms with Crippen LogP contribution in [0.3, 0.4) is 0 Å². The van der Waals surface area contributed by atoms with Gasteiger partial charge in [0.2, 0.25) is 0 Å². The van der Waals surface area contributed by atoms with Crippen LogP contribution in [0.15, 0.2) is 48.7 Å². The summed E-state index contributed by atoms with van der Waals surface area (Å²) in [7, 11) is 0. The topological polar surface area (TPSA) is 74.3 Å². The molecule has 1 aromatic heterocycles. The minimum atomic E-state index is -0.111. The fourth-order valence-electron chi connectivity index (χ4n) is 2.82. The van der Waals surface area contributed by atoms with E-state index in [0.29, 0.717) is 18.7 Å². The standard InChI is InChI=1S/C19H22N4O2/c1-14-7-8-15(13-20-14)18(24)21-17-9-11-23(12-10-17)19(25)22-16-5-3-2-4-6-16/h2-8,13,17H,9-12H2,1H3,(H,21,24)(H,22,25). The van der Waals surface area contributed by atoms with Gasteiger partial charge in [-0.2, -0.15) is 0 Å². The molecule has 0 saturated carbocycles. The molecule has 1 fully saturated rings. The van der Waals surface area contributed by atoms with Crippen molar-refractivity contribution in [3.05, 3.63) is 59.9 Å². The number of hydrogen-bond acceptors (Lipinski definition) is 3. The number of anilines is 1. The number of nitrogens with zero attached hydrogens (tertiary/aromatic N) is 2. The number of likely N-dealkylation sites (tertiary alicyclic amines) is 1. The van der Waals surface area contributed by atoms with E-state index in [9.17, 15) is 9.59 Å². The molecule has 6 heteroatoms. The molecule has 0 aliphatic carbocycles. The lowest BCUT2D eigenvalue weighted by molar-refractivity contribution is 0.0919. The predicted octanol–water partition coefficient (Wildman–Crippen LogP) is 2.82. The van der Waals surface area contributed by atoms with Crippen molar-refractivity contribution in [2.75, 3.05) is 18.4 Å². The molecule has 130 valence electrons. The van der Waals surface area contributed by atoms with Gasteiger partial charge in [-0.25, -0.2) is 4.79 Å². The highest BCUT2D eigenvalue weighted by Crippen LogP contribution is 2.14. The molecule has 1 aromatic carbocycles. The van der Waals surface area contributed by atoms with E-state index < -0.39 is 0 Å². The molecule has 1 aliphatic rings. The van der Waals surface area contributed by atoms with Crippen molar-refractivity contribution in [2.45, 2.75) is 25.8 Å². The van der Waals surface area contributed by atoms with Crippen LogP contribution in [0.5, 0.6) is 0 Å². The Kier molecular flexibility index (Phi) is 5.28. The van der Waals surface area contributed by atoms with Crippen LogP contribution in [-0.4, -0.2) is 41.0 Å². The van der Waals surface area contributed by atoms with E-state index >= 15 is 0 Å².